The van der Waals surface area contributed by atoms with Crippen molar-refractivity contribution in [1.82, 2.24) is 4.98 Å². The summed E-state index contributed by atoms with van der Waals surface area (Å²) in [5, 5.41) is 0.493. The summed E-state index contributed by atoms with van der Waals surface area (Å²) in [5.74, 6) is 0.299. The molecule has 2 nitrogen and oxygen atoms in total. The van der Waals surface area contributed by atoms with Crippen LogP contribution in [0.4, 0.5) is 0 Å². The standard InChI is InChI=1S/C12H16BrNO/c13-10-12(15)8-3-1-2-6-11-7-4-5-9-14-11/h4-5,7,9H,1-3,6,8,10H2. The molecule has 0 aliphatic heterocycles. The van der Waals surface area contributed by atoms with Crippen molar-refractivity contribution < 1.29 is 4.79 Å². The van der Waals surface area contributed by atoms with Crippen molar-refractivity contribution in [2.75, 3.05) is 5.33 Å². The largest absolute Gasteiger partial charge is 0.299 e. The highest BCUT2D eigenvalue weighted by Crippen LogP contribution is 2.06. The number of aromatic nitrogens is 1. The first-order valence-corrected chi connectivity index (χ1v) is 6.42. The number of aryl methyl sites for hydroxylation is 1. The first-order valence-electron chi connectivity index (χ1n) is 5.30. The zero-order valence-corrected chi connectivity index (χ0v) is 10.4. The molecule has 0 unspecified atom stereocenters. The van der Waals surface area contributed by atoms with Crippen LogP contribution < -0.4 is 0 Å². The van der Waals surface area contributed by atoms with Crippen molar-refractivity contribution >= 4 is 21.7 Å². The molecule has 0 N–H and O–H groups in total. The van der Waals surface area contributed by atoms with E-state index in [0.29, 0.717) is 17.5 Å². The lowest BCUT2D eigenvalue weighted by Crippen LogP contribution is -1.98. The fraction of sp³-hybridized carbons (Fsp3) is 0.500. The van der Waals surface area contributed by atoms with Gasteiger partial charge < -0.3 is 0 Å². The highest BCUT2D eigenvalue weighted by atomic mass is 79.9. The van der Waals surface area contributed by atoms with Crippen molar-refractivity contribution in [1.29, 1.82) is 0 Å². The monoisotopic (exact) mass is 269 g/mol. The zero-order valence-electron chi connectivity index (χ0n) is 8.79. The molecule has 1 rings (SSSR count). The predicted octanol–water partition coefficient (Wildman–Crippen LogP) is 3.15. The van der Waals surface area contributed by atoms with Gasteiger partial charge in [-0.2, -0.15) is 0 Å². The Bertz CT molecular complexity index is 287. The highest BCUT2D eigenvalue weighted by molar-refractivity contribution is 9.09. The van der Waals surface area contributed by atoms with Crippen LogP contribution in [-0.2, 0) is 11.2 Å². The Morgan fingerprint density at radius 3 is 2.80 bits per heavy atom. The van der Waals surface area contributed by atoms with Gasteiger partial charge in [0.2, 0.25) is 0 Å². The maximum Gasteiger partial charge on any atom is 0.143 e. The lowest BCUT2D eigenvalue weighted by Gasteiger charge is -2.00. The Morgan fingerprint density at radius 1 is 1.27 bits per heavy atom. The van der Waals surface area contributed by atoms with E-state index in [1.165, 1.54) is 0 Å². The van der Waals surface area contributed by atoms with Gasteiger partial charge in [0.05, 0.1) is 5.33 Å². The topological polar surface area (TPSA) is 30.0 Å². The Morgan fingerprint density at radius 2 is 2.13 bits per heavy atom. The number of hydrogen-bond acceptors (Lipinski definition) is 2. The molecule has 0 amide bonds. The summed E-state index contributed by atoms with van der Waals surface area (Å²) in [6.07, 6.45) is 6.76. The van der Waals surface area contributed by atoms with E-state index < -0.39 is 0 Å². The second-order valence-electron chi connectivity index (χ2n) is 3.55. The molecule has 15 heavy (non-hydrogen) atoms. The molecule has 3 heteroatoms. The third-order valence-corrected chi connectivity index (χ3v) is 2.89. The minimum absolute atomic E-state index is 0.299. The number of nitrogens with zero attached hydrogens (tertiary/aromatic N) is 1. The van der Waals surface area contributed by atoms with E-state index in [-0.39, 0.29) is 0 Å². The molecule has 1 heterocycles. The molecule has 0 aromatic carbocycles. The average Bonchev–Trinajstić information content (AvgIpc) is 2.29. The van der Waals surface area contributed by atoms with Crippen molar-refractivity contribution in [3.05, 3.63) is 30.1 Å². The fourth-order valence-electron chi connectivity index (χ4n) is 1.42. The van der Waals surface area contributed by atoms with E-state index in [4.69, 9.17) is 0 Å². The molecular weight excluding hydrogens is 254 g/mol. The normalized spacial score (nSPS) is 10.2. The van der Waals surface area contributed by atoms with E-state index >= 15 is 0 Å². The fourth-order valence-corrected chi connectivity index (χ4v) is 1.70. The van der Waals surface area contributed by atoms with Crippen LogP contribution in [0, 0.1) is 0 Å². The lowest BCUT2D eigenvalue weighted by atomic mass is 10.1. The van der Waals surface area contributed by atoms with Gasteiger partial charge in [0.1, 0.15) is 5.78 Å². The van der Waals surface area contributed by atoms with Crippen molar-refractivity contribution in [2.24, 2.45) is 0 Å². The van der Waals surface area contributed by atoms with Crippen molar-refractivity contribution in [3.63, 3.8) is 0 Å². The molecule has 0 bridgehead atoms. The van der Waals surface area contributed by atoms with Crippen LogP contribution >= 0.6 is 15.9 Å². The molecule has 0 saturated carbocycles. The first kappa shape index (κ1) is 12.4. The van der Waals surface area contributed by atoms with Gasteiger partial charge in [0.25, 0.3) is 0 Å². The summed E-state index contributed by atoms with van der Waals surface area (Å²) in [6, 6.07) is 5.98. The Hall–Kier alpha value is -0.700. The van der Waals surface area contributed by atoms with Crippen molar-refractivity contribution in [3.8, 4) is 0 Å². The van der Waals surface area contributed by atoms with Crippen LogP contribution in [0.1, 0.15) is 31.4 Å². The van der Waals surface area contributed by atoms with E-state index in [2.05, 4.69) is 20.9 Å². The number of ketones is 1. The van der Waals surface area contributed by atoms with Gasteiger partial charge in [0.15, 0.2) is 0 Å². The van der Waals surface area contributed by atoms with Crippen LogP contribution in [0.3, 0.4) is 0 Å². The van der Waals surface area contributed by atoms with Crippen LogP contribution in [0.25, 0.3) is 0 Å². The molecule has 0 fully saturated rings. The second kappa shape index (κ2) is 7.57. The van der Waals surface area contributed by atoms with Gasteiger partial charge in [-0.1, -0.05) is 28.4 Å². The molecule has 0 aliphatic carbocycles. The third kappa shape index (κ3) is 5.67. The molecule has 0 spiro atoms. The summed E-state index contributed by atoms with van der Waals surface area (Å²) >= 11 is 3.16. The number of hydrogen-bond donors (Lipinski definition) is 0. The third-order valence-electron chi connectivity index (χ3n) is 2.26. The number of alkyl halides is 1. The number of carbonyl (C=O) groups is 1. The highest BCUT2D eigenvalue weighted by Gasteiger charge is 1.99. The average molecular weight is 270 g/mol. The summed E-state index contributed by atoms with van der Waals surface area (Å²) in [4.78, 5) is 15.2. The minimum atomic E-state index is 0.299. The van der Waals surface area contributed by atoms with Gasteiger partial charge in [-0.15, -0.1) is 0 Å². The quantitative estimate of drug-likeness (QED) is 0.562. The molecule has 0 saturated heterocycles. The number of carbonyl (C=O) groups excluding carboxylic acids is 1. The molecule has 82 valence electrons. The van der Waals surface area contributed by atoms with E-state index in [9.17, 15) is 4.79 Å². The van der Waals surface area contributed by atoms with E-state index in [1.54, 1.807) is 0 Å². The predicted molar refractivity (Wildman–Crippen MR) is 65.2 cm³/mol. The number of halogens is 1. The number of pyridine rings is 1. The summed E-state index contributed by atoms with van der Waals surface area (Å²) in [5.41, 5.74) is 1.14. The Balaban J connectivity index is 2.05. The van der Waals surface area contributed by atoms with Gasteiger partial charge in [-0.05, 0) is 31.4 Å². The molecule has 1 aromatic rings. The molecular formula is C12H16BrNO. The second-order valence-corrected chi connectivity index (χ2v) is 4.11. The molecule has 0 atom stereocenters. The van der Waals surface area contributed by atoms with Crippen LogP contribution in [0.15, 0.2) is 24.4 Å². The van der Waals surface area contributed by atoms with Crippen LogP contribution in [0.2, 0.25) is 0 Å². The van der Waals surface area contributed by atoms with Gasteiger partial charge in [-0.25, -0.2) is 0 Å². The minimum Gasteiger partial charge on any atom is -0.299 e. The number of unbranched alkanes of at least 4 members (excludes halogenated alkanes) is 2. The van der Waals surface area contributed by atoms with Crippen LogP contribution in [-0.4, -0.2) is 16.1 Å². The SMILES string of the molecule is O=C(CBr)CCCCCc1ccccn1. The van der Waals surface area contributed by atoms with Gasteiger partial charge in [0, 0.05) is 18.3 Å². The smallest absolute Gasteiger partial charge is 0.143 e. The van der Waals surface area contributed by atoms with E-state index in [0.717, 1.165) is 31.4 Å². The van der Waals surface area contributed by atoms with Crippen molar-refractivity contribution in [2.45, 2.75) is 32.1 Å². The molecule has 0 aliphatic rings. The maximum absolute atomic E-state index is 11.0. The Kier molecular flexibility index (Phi) is 6.25. The van der Waals surface area contributed by atoms with E-state index in [1.807, 2.05) is 24.4 Å². The Labute approximate surface area is 99.2 Å². The maximum atomic E-state index is 11.0. The molecule has 1 aromatic heterocycles. The number of rotatable bonds is 7. The molecule has 0 radical (unpaired) electrons. The summed E-state index contributed by atoms with van der Waals surface area (Å²) in [7, 11) is 0. The summed E-state index contributed by atoms with van der Waals surface area (Å²) in [6.45, 7) is 0. The summed E-state index contributed by atoms with van der Waals surface area (Å²) < 4.78 is 0. The van der Waals surface area contributed by atoms with Gasteiger partial charge in [-0.3, -0.25) is 9.78 Å². The van der Waals surface area contributed by atoms with Crippen LogP contribution in [0.5, 0.6) is 0 Å². The zero-order chi connectivity index (χ0) is 10.9. The first-order chi connectivity index (χ1) is 7.33. The van der Waals surface area contributed by atoms with Gasteiger partial charge >= 0.3 is 0 Å². The lowest BCUT2D eigenvalue weighted by molar-refractivity contribution is -0.116. The number of Topliss-reactive ketones (excluding diaryl/α,β-unsaturated/α-hetero) is 1.